The number of carbonyl (C=O) groups excluding carboxylic acids is 2. The maximum atomic E-state index is 13.4. The second-order valence-corrected chi connectivity index (χ2v) is 11.2. The molecular formula is C33H45N3O11. The molecule has 4 rings (SSSR count). The number of ether oxygens (including phenoxy) is 6. The lowest BCUT2D eigenvalue weighted by atomic mass is 9.83. The van der Waals surface area contributed by atoms with Crippen LogP contribution in [0.25, 0.3) is 0 Å². The maximum Gasteiger partial charge on any atom is 0.410 e. The smallest absolute Gasteiger partial charge is 0.410 e. The Labute approximate surface area is 274 Å². The third kappa shape index (κ3) is 10.1. The van der Waals surface area contributed by atoms with Gasteiger partial charge in [0, 0.05) is 26.2 Å². The molecule has 3 atom stereocenters. The Hall–Kier alpha value is -4.30. The predicted molar refractivity (Wildman–Crippen MR) is 170 cm³/mol. The average Bonchev–Trinajstić information content (AvgIpc) is 3.08. The zero-order valence-corrected chi connectivity index (χ0v) is 27.3. The number of anilines is 1. The Kier molecular flexibility index (Phi) is 13.7. The fourth-order valence-electron chi connectivity index (χ4n) is 5.83. The van der Waals surface area contributed by atoms with Crippen LogP contribution in [-0.4, -0.2) is 101 Å². The third-order valence-electron chi connectivity index (χ3n) is 8.20. The van der Waals surface area contributed by atoms with Crippen molar-refractivity contribution in [2.75, 3.05) is 71.8 Å². The fraction of sp³-hybridized carbons (Fsp3) is 0.576. The third-order valence-corrected chi connectivity index (χ3v) is 8.20. The number of amides is 1. The highest BCUT2D eigenvalue weighted by Gasteiger charge is 2.44. The molecule has 0 saturated carbocycles. The first-order chi connectivity index (χ1) is 22.8. The summed E-state index contributed by atoms with van der Waals surface area (Å²) in [5.74, 6) is 0.751. The number of likely N-dealkylation sites (tertiary alicyclic amines) is 1. The van der Waals surface area contributed by atoms with Crippen LogP contribution in [0, 0.1) is 10.1 Å². The molecular weight excluding hydrogens is 614 g/mol. The Bertz CT molecular complexity index is 1310. The number of hydrogen-bond acceptors (Lipinski definition) is 12. The lowest BCUT2D eigenvalue weighted by Gasteiger charge is -2.42. The van der Waals surface area contributed by atoms with Gasteiger partial charge in [-0.15, -0.1) is 10.1 Å². The van der Waals surface area contributed by atoms with E-state index in [9.17, 15) is 19.7 Å². The Morgan fingerprint density at radius 3 is 2.53 bits per heavy atom. The molecule has 3 unspecified atom stereocenters. The van der Waals surface area contributed by atoms with E-state index in [1.807, 2.05) is 36.4 Å². The van der Waals surface area contributed by atoms with Crippen LogP contribution in [0.4, 0.5) is 10.5 Å². The molecule has 14 nitrogen and oxygen atoms in total. The summed E-state index contributed by atoms with van der Waals surface area (Å²) in [6, 6.07) is 12.7. The van der Waals surface area contributed by atoms with Gasteiger partial charge in [0.15, 0.2) is 0 Å². The van der Waals surface area contributed by atoms with E-state index in [1.165, 1.54) is 4.90 Å². The molecule has 1 amide bonds. The zero-order chi connectivity index (χ0) is 33.6. The number of carbonyl (C=O) groups is 2. The second-order valence-electron chi connectivity index (χ2n) is 11.2. The number of unbranched alkanes of at least 4 members (excludes halogenated alkanes) is 1. The first-order valence-electron chi connectivity index (χ1n) is 16.0. The largest absolute Gasteiger partial charge is 0.497 e. The van der Waals surface area contributed by atoms with Crippen molar-refractivity contribution >= 4 is 17.7 Å². The lowest BCUT2D eigenvalue weighted by Crippen LogP contribution is -2.56. The van der Waals surface area contributed by atoms with E-state index in [2.05, 4.69) is 15.8 Å². The summed E-state index contributed by atoms with van der Waals surface area (Å²) in [7, 11) is 3.29. The van der Waals surface area contributed by atoms with Crippen molar-refractivity contribution in [3.05, 3.63) is 63.7 Å². The summed E-state index contributed by atoms with van der Waals surface area (Å²) in [6.07, 6.45) is 0.667. The van der Waals surface area contributed by atoms with Gasteiger partial charge >= 0.3 is 12.1 Å². The van der Waals surface area contributed by atoms with E-state index in [0.717, 1.165) is 42.1 Å². The summed E-state index contributed by atoms with van der Waals surface area (Å²) >= 11 is 0. The molecule has 0 aromatic heterocycles. The van der Waals surface area contributed by atoms with Gasteiger partial charge in [-0.2, -0.15) is 0 Å². The van der Waals surface area contributed by atoms with Crippen LogP contribution in [0.5, 0.6) is 11.5 Å². The molecule has 0 spiro atoms. The van der Waals surface area contributed by atoms with Crippen LogP contribution in [0.3, 0.4) is 0 Å². The van der Waals surface area contributed by atoms with Crippen LogP contribution < -0.4 is 14.4 Å². The zero-order valence-electron chi connectivity index (χ0n) is 27.3. The van der Waals surface area contributed by atoms with E-state index in [-0.39, 0.29) is 45.3 Å². The van der Waals surface area contributed by atoms with Crippen LogP contribution in [0.2, 0.25) is 0 Å². The standard InChI is InChI=1S/C33H45N3O11/c1-4-43-32(37)29-21-27(25-9-11-26(42-3)12-10-25)31(22-35(29)33(38)45-17-5-6-18-47-36(39)40)46-23-24-8-13-30-28(20-24)34(15-19-44-30)14-7-16-41-2/h8-13,20,27,29,31H,4-7,14-19,21-23H2,1-3H3. The van der Waals surface area contributed by atoms with Crippen molar-refractivity contribution in [1.82, 2.24) is 4.90 Å². The molecule has 2 heterocycles. The number of methoxy groups -OCH3 is 2. The Morgan fingerprint density at radius 2 is 1.81 bits per heavy atom. The summed E-state index contributed by atoms with van der Waals surface area (Å²) in [4.78, 5) is 44.9. The highest BCUT2D eigenvalue weighted by atomic mass is 16.9. The maximum absolute atomic E-state index is 13.4. The van der Waals surface area contributed by atoms with Gasteiger partial charge in [0.25, 0.3) is 5.09 Å². The van der Waals surface area contributed by atoms with Gasteiger partial charge in [0.2, 0.25) is 0 Å². The average molecular weight is 660 g/mol. The fourth-order valence-corrected chi connectivity index (χ4v) is 5.83. The van der Waals surface area contributed by atoms with Crippen molar-refractivity contribution in [3.8, 4) is 11.5 Å². The number of esters is 1. The van der Waals surface area contributed by atoms with Crippen molar-refractivity contribution < 1.29 is 47.9 Å². The molecule has 47 heavy (non-hydrogen) atoms. The SMILES string of the molecule is CCOC(=O)C1CC(c2ccc(OC)cc2)C(OCc2ccc3c(c2)N(CCCOC)CCO3)CN1C(=O)OCCCCO[N+](=O)[O-]. The molecule has 2 aromatic carbocycles. The molecule has 0 aliphatic carbocycles. The van der Waals surface area contributed by atoms with Gasteiger partial charge in [-0.25, -0.2) is 9.59 Å². The highest BCUT2D eigenvalue weighted by molar-refractivity contribution is 5.82. The molecule has 0 radical (unpaired) electrons. The molecule has 1 saturated heterocycles. The highest BCUT2D eigenvalue weighted by Crippen LogP contribution is 2.37. The number of hydrogen-bond donors (Lipinski definition) is 0. The summed E-state index contributed by atoms with van der Waals surface area (Å²) in [5, 5.41) is 9.52. The van der Waals surface area contributed by atoms with E-state index < -0.39 is 29.3 Å². The minimum absolute atomic E-state index is 0.0114. The van der Waals surface area contributed by atoms with E-state index >= 15 is 0 Å². The second kappa shape index (κ2) is 18.1. The number of fused-ring (bicyclic) bond motifs is 1. The van der Waals surface area contributed by atoms with E-state index in [4.69, 9.17) is 28.4 Å². The first kappa shape index (κ1) is 35.6. The molecule has 2 aliphatic rings. The molecule has 0 bridgehead atoms. The van der Waals surface area contributed by atoms with Gasteiger partial charge in [0.05, 0.1) is 58.4 Å². The van der Waals surface area contributed by atoms with E-state index in [1.54, 1.807) is 21.1 Å². The van der Waals surface area contributed by atoms with Gasteiger partial charge in [0.1, 0.15) is 24.1 Å². The normalized spacial score (nSPS) is 18.9. The molecule has 258 valence electrons. The van der Waals surface area contributed by atoms with Gasteiger partial charge in [-0.1, -0.05) is 18.2 Å². The minimum atomic E-state index is -0.895. The quantitative estimate of drug-likeness (QED) is 0.103. The number of nitrogens with zero attached hydrogens (tertiary/aromatic N) is 3. The Balaban J connectivity index is 1.53. The van der Waals surface area contributed by atoms with Gasteiger partial charge in [-0.05, 0) is 68.0 Å². The van der Waals surface area contributed by atoms with Crippen LogP contribution in [0.15, 0.2) is 42.5 Å². The van der Waals surface area contributed by atoms with Crippen molar-refractivity contribution in [2.24, 2.45) is 0 Å². The summed E-state index contributed by atoms with van der Waals surface area (Å²) in [5.41, 5.74) is 2.88. The lowest BCUT2D eigenvalue weighted by molar-refractivity contribution is -0.757. The van der Waals surface area contributed by atoms with Crippen molar-refractivity contribution in [1.29, 1.82) is 0 Å². The van der Waals surface area contributed by atoms with Crippen molar-refractivity contribution in [2.45, 2.75) is 57.3 Å². The topological polar surface area (TPSA) is 148 Å². The van der Waals surface area contributed by atoms with E-state index in [0.29, 0.717) is 31.8 Å². The predicted octanol–water partition coefficient (Wildman–Crippen LogP) is 4.36. The first-order valence-corrected chi connectivity index (χ1v) is 16.0. The van der Waals surface area contributed by atoms with Gasteiger partial charge < -0.3 is 38.2 Å². The van der Waals surface area contributed by atoms with Crippen molar-refractivity contribution in [3.63, 3.8) is 0 Å². The number of piperidine rings is 1. The number of benzene rings is 2. The molecule has 0 N–H and O–H groups in total. The monoisotopic (exact) mass is 659 g/mol. The molecule has 2 aromatic rings. The van der Waals surface area contributed by atoms with Crippen LogP contribution in [0.1, 0.15) is 49.7 Å². The molecule has 1 fully saturated rings. The summed E-state index contributed by atoms with van der Waals surface area (Å²) < 4.78 is 33.9. The summed E-state index contributed by atoms with van der Waals surface area (Å²) in [6.45, 7) is 5.03. The molecule has 14 heteroatoms. The van der Waals surface area contributed by atoms with Crippen LogP contribution >= 0.6 is 0 Å². The minimum Gasteiger partial charge on any atom is -0.497 e. The van der Waals surface area contributed by atoms with Crippen LogP contribution in [-0.2, 0) is 35.2 Å². The Morgan fingerprint density at radius 1 is 1.02 bits per heavy atom. The number of rotatable bonds is 17. The van der Waals surface area contributed by atoms with Gasteiger partial charge in [-0.3, -0.25) is 4.90 Å². The molecule has 2 aliphatic heterocycles.